The zero-order valence-electron chi connectivity index (χ0n) is 10.9. The Morgan fingerprint density at radius 1 is 1.22 bits per heavy atom. The highest BCUT2D eigenvalue weighted by Gasteiger charge is 2.20. The first-order valence-corrected chi connectivity index (χ1v) is 6.20. The largest absolute Gasteiger partial charge is 0.372 e. The number of hydrogen-bond donors (Lipinski definition) is 1. The average Bonchev–Trinajstić information content (AvgIpc) is 2.63. The molecular formula is C12H19N5O. The highest BCUT2D eigenvalue weighted by Crippen LogP contribution is 2.07. The second-order valence-electron chi connectivity index (χ2n) is 4.50. The number of nitrogens with one attached hydrogen (secondary N) is 1. The number of anilines is 1. The van der Waals surface area contributed by atoms with Crippen LogP contribution in [-0.2, 0) is 0 Å². The minimum atomic E-state index is -0.0274. The maximum absolute atomic E-state index is 12.2. The monoisotopic (exact) mass is 249 g/mol. The second kappa shape index (κ2) is 5.77. The summed E-state index contributed by atoms with van der Waals surface area (Å²) in [5.74, 6) is 0.641. The maximum Gasteiger partial charge on any atom is 0.274 e. The fourth-order valence-corrected chi connectivity index (χ4v) is 1.99. The van der Waals surface area contributed by atoms with Crippen molar-refractivity contribution in [2.24, 2.45) is 0 Å². The van der Waals surface area contributed by atoms with Gasteiger partial charge in [0.2, 0.25) is 0 Å². The molecule has 1 saturated heterocycles. The highest BCUT2D eigenvalue weighted by atomic mass is 16.2. The van der Waals surface area contributed by atoms with E-state index in [2.05, 4.69) is 27.5 Å². The normalized spacial score (nSPS) is 17.3. The molecule has 1 amide bonds. The molecule has 1 N–H and O–H groups in total. The SMILES string of the molecule is CNc1ccc(C(=O)N2CCCN(C)CC2)nn1. The zero-order chi connectivity index (χ0) is 13.0. The van der Waals surface area contributed by atoms with Crippen LogP contribution in [0.15, 0.2) is 12.1 Å². The summed E-state index contributed by atoms with van der Waals surface area (Å²) >= 11 is 0. The molecule has 0 bridgehead atoms. The molecule has 1 fully saturated rings. The van der Waals surface area contributed by atoms with Crippen LogP contribution >= 0.6 is 0 Å². The number of carbonyl (C=O) groups is 1. The molecule has 6 nitrogen and oxygen atoms in total. The Bertz CT molecular complexity index is 405. The molecular weight excluding hydrogens is 230 g/mol. The minimum absolute atomic E-state index is 0.0274. The highest BCUT2D eigenvalue weighted by molar-refractivity contribution is 5.92. The smallest absolute Gasteiger partial charge is 0.274 e. The lowest BCUT2D eigenvalue weighted by molar-refractivity contribution is 0.0756. The van der Waals surface area contributed by atoms with E-state index in [4.69, 9.17) is 0 Å². The Labute approximate surface area is 107 Å². The molecule has 1 aliphatic rings. The maximum atomic E-state index is 12.2. The van der Waals surface area contributed by atoms with Crippen molar-refractivity contribution >= 4 is 11.7 Å². The third kappa shape index (κ3) is 2.95. The summed E-state index contributed by atoms with van der Waals surface area (Å²) < 4.78 is 0. The molecule has 1 aliphatic heterocycles. The van der Waals surface area contributed by atoms with Crippen molar-refractivity contribution < 1.29 is 4.79 Å². The zero-order valence-corrected chi connectivity index (χ0v) is 10.9. The van der Waals surface area contributed by atoms with Crippen LogP contribution in [0.1, 0.15) is 16.9 Å². The Balaban J connectivity index is 2.05. The number of amides is 1. The third-order valence-electron chi connectivity index (χ3n) is 3.15. The van der Waals surface area contributed by atoms with Crippen molar-refractivity contribution in [3.8, 4) is 0 Å². The van der Waals surface area contributed by atoms with Crippen molar-refractivity contribution in [1.29, 1.82) is 0 Å². The Morgan fingerprint density at radius 3 is 2.72 bits per heavy atom. The summed E-state index contributed by atoms with van der Waals surface area (Å²) in [5.41, 5.74) is 0.415. The molecule has 2 heterocycles. The van der Waals surface area contributed by atoms with Crippen molar-refractivity contribution in [1.82, 2.24) is 20.0 Å². The van der Waals surface area contributed by atoms with Gasteiger partial charge in [-0.25, -0.2) is 0 Å². The van der Waals surface area contributed by atoms with Crippen LogP contribution in [0, 0.1) is 0 Å². The molecule has 0 radical (unpaired) electrons. The summed E-state index contributed by atoms with van der Waals surface area (Å²) in [6, 6.07) is 3.49. The van der Waals surface area contributed by atoms with Gasteiger partial charge < -0.3 is 15.1 Å². The van der Waals surface area contributed by atoms with E-state index in [9.17, 15) is 4.79 Å². The van der Waals surface area contributed by atoms with E-state index in [1.54, 1.807) is 19.2 Å². The molecule has 1 aromatic heterocycles. The summed E-state index contributed by atoms with van der Waals surface area (Å²) in [6.45, 7) is 3.49. The average molecular weight is 249 g/mol. The predicted octanol–water partition coefficient (Wildman–Crippen LogP) is 0.296. The number of likely N-dealkylation sites (N-methyl/N-ethyl adjacent to an activating group) is 1. The lowest BCUT2D eigenvalue weighted by Crippen LogP contribution is -2.35. The van der Waals surface area contributed by atoms with Gasteiger partial charge in [0, 0.05) is 26.7 Å². The summed E-state index contributed by atoms with van der Waals surface area (Å²) in [4.78, 5) is 16.3. The fourth-order valence-electron chi connectivity index (χ4n) is 1.99. The molecule has 0 spiro atoms. The van der Waals surface area contributed by atoms with E-state index in [-0.39, 0.29) is 5.91 Å². The Morgan fingerprint density at radius 2 is 2.06 bits per heavy atom. The number of rotatable bonds is 2. The van der Waals surface area contributed by atoms with E-state index in [0.29, 0.717) is 11.5 Å². The van der Waals surface area contributed by atoms with Crippen molar-refractivity contribution in [2.45, 2.75) is 6.42 Å². The second-order valence-corrected chi connectivity index (χ2v) is 4.50. The molecule has 6 heteroatoms. The lowest BCUT2D eigenvalue weighted by atomic mass is 10.3. The van der Waals surface area contributed by atoms with E-state index in [1.165, 1.54) is 0 Å². The minimum Gasteiger partial charge on any atom is -0.372 e. The van der Waals surface area contributed by atoms with Crippen LogP contribution in [0.25, 0.3) is 0 Å². The van der Waals surface area contributed by atoms with Crippen LogP contribution < -0.4 is 5.32 Å². The quantitative estimate of drug-likeness (QED) is 0.816. The molecule has 0 unspecified atom stereocenters. The van der Waals surface area contributed by atoms with Crippen LogP contribution in [-0.4, -0.2) is 66.2 Å². The first-order chi connectivity index (χ1) is 8.70. The number of hydrogen-bond acceptors (Lipinski definition) is 5. The predicted molar refractivity (Wildman–Crippen MR) is 69.6 cm³/mol. The summed E-state index contributed by atoms with van der Waals surface area (Å²) in [7, 11) is 3.85. The van der Waals surface area contributed by atoms with Crippen LogP contribution in [0.5, 0.6) is 0 Å². The molecule has 1 aromatic rings. The molecule has 98 valence electrons. The topological polar surface area (TPSA) is 61.4 Å². The first-order valence-electron chi connectivity index (χ1n) is 6.20. The number of carbonyl (C=O) groups excluding carboxylic acids is 1. The molecule has 0 atom stereocenters. The fraction of sp³-hybridized carbons (Fsp3) is 0.583. The van der Waals surface area contributed by atoms with E-state index in [0.717, 1.165) is 32.6 Å². The Kier molecular flexibility index (Phi) is 4.09. The Hall–Kier alpha value is -1.69. The summed E-state index contributed by atoms with van der Waals surface area (Å²) in [6.07, 6.45) is 1.00. The van der Waals surface area contributed by atoms with Gasteiger partial charge >= 0.3 is 0 Å². The van der Waals surface area contributed by atoms with Crippen LogP contribution in [0.2, 0.25) is 0 Å². The van der Waals surface area contributed by atoms with Crippen molar-refractivity contribution in [3.05, 3.63) is 17.8 Å². The summed E-state index contributed by atoms with van der Waals surface area (Å²) in [5, 5.41) is 10.8. The molecule has 0 aliphatic carbocycles. The first kappa shape index (κ1) is 12.8. The molecule has 0 aromatic carbocycles. The molecule has 0 saturated carbocycles. The number of aromatic nitrogens is 2. The number of nitrogens with zero attached hydrogens (tertiary/aromatic N) is 4. The van der Waals surface area contributed by atoms with Gasteiger partial charge in [0.05, 0.1) is 0 Å². The van der Waals surface area contributed by atoms with Crippen LogP contribution in [0.4, 0.5) is 5.82 Å². The van der Waals surface area contributed by atoms with Gasteiger partial charge in [0.25, 0.3) is 5.91 Å². The lowest BCUT2D eigenvalue weighted by Gasteiger charge is -2.19. The standard InChI is InChI=1S/C12H19N5O/c1-13-11-5-4-10(14-15-11)12(18)17-7-3-6-16(2)8-9-17/h4-5H,3,6-9H2,1-2H3,(H,13,15). The third-order valence-corrected chi connectivity index (χ3v) is 3.15. The van der Waals surface area contributed by atoms with E-state index < -0.39 is 0 Å². The van der Waals surface area contributed by atoms with Gasteiger partial charge in [-0.15, -0.1) is 10.2 Å². The van der Waals surface area contributed by atoms with Crippen LogP contribution in [0.3, 0.4) is 0 Å². The molecule has 18 heavy (non-hydrogen) atoms. The van der Waals surface area contributed by atoms with Gasteiger partial charge in [0.15, 0.2) is 5.69 Å². The van der Waals surface area contributed by atoms with Gasteiger partial charge in [0.1, 0.15) is 5.82 Å². The van der Waals surface area contributed by atoms with Gasteiger partial charge in [-0.3, -0.25) is 4.79 Å². The van der Waals surface area contributed by atoms with E-state index >= 15 is 0 Å². The molecule has 2 rings (SSSR count). The van der Waals surface area contributed by atoms with Gasteiger partial charge in [-0.2, -0.15) is 0 Å². The van der Waals surface area contributed by atoms with Crippen molar-refractivity contribution in [3.63, 3.8) is 0 Å². The van der Waals surface area contributed by atoms with Gasteiger partial charge in [-0.05, 0) is 32.1 Å². The van der Waals surface area contributed by atoms with Crippen molar-refractivity contribution in [2.75, 3.05) is 45.6 Å². The van der Waals surface area contributed by atoms with E-state index in [1.807, 2.05) is 4.90 Å². The van der Waals surface area contributed by atoms with Gasteiger partial charge in [-0.1, -0.05) is 0 Å².